The molecule has 0 saturated heterocycles. The summed E-state index contributed by atoms with van der Waals surface area (Å²) in [5, 5.41) is 0. The quantitative estimate of drug-likeness (QED) is 0.384. The van der Waals surface area contributed by atoms with E-state index >= 15 is 0 Å². The van der Waals surface area contributed by atoms with E-state index < -0.39 is 0 Å². The van der Waals surface area contributed by atoms with Gasteiger partial charge in [0.1, 0.15) is 0 Å². The fourth-order valence-electron chi connectivity index (χ4n) is 0.805. The van der Waals surface area contributed by atoms with Crippen LogP contribution in [-0.2, 0) is 19.2 Å². The predicted octanol–water partition coefficient (Wildman–Crippen LogP) is 3.76. The summed E-state index contributed by atoms with van der Waals surface area (Å²) < 4.78 is 3.13. The molecule has 66 valence electrons. The fraction of sp³-hybridized carbons (Fsp3) is 0.400. The minimum atomic E-state index is 0.306. The van der Waals surface area contributed by atoms with Crippen LogP contribution in [0.25, 0.3) is 0 Å². The number of hydrogen-bond acceptors (Lipinski definition) is 0. The molecular formula is C10H15ClTi. The van der Waals surface area contributed by atoms with Crippen LogP contribution in [0.4, 0.5) is 0 Å². The Morgan fingerprint density at radius 1 is 1.75 bits per heavy atom. The van der Waals surface area contributed by atoms with Crippen LogP contribution in [0.2, 0.25) is 4.73 Å². The van der Waals surface area contributed by atoms with Gasteiger partial charge in [-0.15, -0.1) is 18.2 Å². The van der Waals surface area contributed by atoms with Gasteiger partial charge in [-0.05, 0) is 0 Å². The number of rotatable bonds is 3. The van der Waals surface area contributed by atoms with Crippen LogP contribution in [0.1, 0.15) is 13.3 Å². The monoisotopic (exact) mass is 218 g/mol. The van der Waals surface area contributed by atoms with Crippen LogP contribution in [0, 0.1) is 0 Å². The minimum absolute atomic E-state index is 0.306. The molecule has 2 heteroatoms. The van der Waals surface area contributed by atoms with E-state index in [1.807, 2.05) is 0 Å². The summed E-state index contributed by atoms with van der Waals surface area (Å²) in [6, 6.07) is 0. The fourth-order valence-corrected chi connectivity index (χ4v) is 2.26. The van der Waals surface area contributed by atoms with Gasteiger partial charge in [-0.2, -0.15) is 0 Å². The van der Waals surface area contributed by atoms with Gasteiger partial charge in [0.05, 0.1) is 0 Å². The van der Waals surface area contributed by atoms with Gasteiger partial charge in [0.2, 0.25) is 0 Å². The van der Waals surface area contributed by atoms with Crippen molar-refractivity contribution in [1.29, 1.82) is 0 Å². The third-order valence-corrected chi connectivity index (χ3v) is 3.34. The topological polar surface area (TPSA) is 0 Å². The molecule has 0 aromatic carbocycles. The molecule has 0 aromatic heterocycles. The average Bonchev–Trinajstić information content (AvgIpc) is 2.58. The molecule has 0 N–H and O–H groups in total. The van der Waals surface area contributed by atoms with Crippen LogP contribution in [0.15, 0.2) is 34.8 Å². The van der Waals surface area contributed by atoms with Crippen LogP contribution in [-0.4, -0.2) is 5.88 Å². The molecule has 0 heterocycles. The van der Waals surface area contributed by atoms with Crippen molar-refractivity contribution in [3.63, 3.8) is 0 Å². The van der Waals surface area contributed by atoms with E-state index in [0.717, 1.165) is 0 Å². The number of allylic oxidation sites excluding steroid dienone is 5. The summed E-state index contributed by atoms with van der Waals surface area (Å²) in [4.78, 5) is 0. The van der Waals surface area contributed by atoms with Gasteiger partial charge in [0.25, 0.3) is 0 Å². The Morgan fingerprint density at radius 3 is 2.75 bits per heavy atom. The molecule has 0 bridgehead atoms. The first kappa shape index (κ1) is 12.2. The van der Waals surface area contributed by atoms with Crippen LogP contribution in [0.3, 0.4) is 0 Å². The van der Waals surface area contributed by atoms with E-state index in [2.05, 4.69) is 31.7 Å². The molecule has 0 saturated carbocycles. The van der Waals surface area contributed by atoms with E-state index in [4.69, 9.17) is 11.6 Å². The molecule has 0 spiro atoms. The molecule has 0 unspecified atom stereocenters. The average molecular weight is 219 g/mol. The predicted molar refractivity (Wildman–Crippen MR) is 53.2 cm³/mol. The maximum absolute atomic E-state index is 5.07. The van der Waals surface area contributed by atoms with Gasteiger partial charge in [-0.3, -0.25) is 0 Å². The Bertz CT molecular complexity index is 171. The van der Waals surface area contributed by atoms with Gasteiger partial charge in [0.15, 0.2) is 0 Å². The molecule has 0 fully saturated rings. The molecule has 0 nitrogen and oxygen atoms in total. The molecule has 12 heavy (non-hydrogen) atoms. The molecule has 0 radical (unpaired) electrons. The first-order chi connectivity index (χ1) is 5.85. The summed E-state index contributed by atoms with van der Waals surface area (Å²) in [6.45, 7) is 5.62. The molecule has 0 aliphatic heterocycles. The van der Waals surface area contributed by atoms with Crippen molar-refractivity contribution in [3.05, 3.63) is 34.8 Å². The third kappa shape index (κ3) is 6.91. The van der Waals surface area contributed by atoms with Crippen molar-refractivity contribution in [2.45, 2.75) is 18.1 Å². The van der Waals surface area contributed by atoms with E-state index in [-0.39, 0.29) is 0 Å². The Labute approximate surface area is 89.3 Å². The molecule has 1 aliphatic carbocycles. The second kappa shape index (κ2) is 9.31. The molecule has 1 aliphatic rings. The Morgan fingerprint density at radius 2 is 2.42 bits per heavy atom. The summed E-state index contributed by atoms with van der Waals surface area (Å²) in [6.07, 6.45) is 9.60. The normalized spacial score (nSPS) is 13.0. The van der Waals surface area contributed by atoms with Crippen LogP contribution < -0.4 is 0 Å². The van der Waals surface area contributed by atoms with Gasteiger partial charge < -0.3 is 0 Å². The van der Waals surface area contributed by atoms with Crippen molar-refractivity contribution in [2.75, 3.05) is 5.88 Å². The van der Waals surface area contributed by atoms with Crippen molar-refractivity contribution in [3.8, 4) is 0 Å². The molecule has 0 atom stereocenters. The molecule has 0 aromatic rings. The second-order valence-corrected chi connectivity index (χ2v) is 5.27. The first-order valence-electron chi connectivity index (χ1n) is 4.11. The van der Waals surface area contributed by atoms with Gasteiger partial charge in [-0.25, -0.2) is 0 Å². The zero-order valence-electron chi connectivity index (χ0n) is 7.52. The standard InChI is InChI=1S/C5H5.C3H5Cl.C2H5.Ti/c1-2-4-5-3-1;1-2-3-4;1-2;/h1-3H,4H2;2H,1,3H2;1H2,2H3;. The zero-order valence-corrected chi connectivity index (χ0v) is 9.83. The Hall–Kier alpha value is 0.224. The van der Waals surface area contributed by atoms with E-state index in [0.29, 0.717) is 25.0 Å². The van der Waals surface area contributed by atoms with Crippen LogP contribution in [0.5, 0.6) is 0 Å². The summed E-state index contributed by atoms with van der Waals surface area (Å²) in [5.74, 6) is 0.556. The number of hydrogen-bond donors (Lipinski definition) is 0. The van der Waals surface area contributed by atoms with E-state index in [1.165, 1.54) is 11.1 Å². The third-order valence-electron chi connectivity index (χ3n) is 1.28. The first-order valence-corrected chi connectivity index (χ1v) is 6.53. The van der Waals surface area contributed by atoms with Gasteiger partial charge in [0, 0.05) is 5.88 Å². The molecule has 0 amide bonds. The SMILES string of the molecule is C=CCCl.C[CH2][Ti][C]1=CC=CC1. The summed E-state index contributed by atoms with van der Waals surface area (Å²) >= 11 is 5.37. The van der Waals surface area contributed by atoms with Gasteiger partial charge >= 0.3 is 59.3 Å². The summed E-state index contributed by atoms with van der Waals surface area (Å²) in [7, 11) is 0. The van der Waals surface area contributed by atoms with Crippen molar-refractivity contribution in [2.24, 2.45) is 0 Å². The van der Waals surface area contributed by atoms with E-state index in [9.17, 15) is 0 Å². The number of alkyl halides is 1. The zero-order chi connectivity index (χ0) is 9.23. The summed E-state index contributed by atoms with van der Waals surface area (Å²) in [5.41, 5.74) is 0. The van der Waals surface area contributed by atoms with Crippen molar-refractivity contribution < 1.29 is 19.2 Å². The Kier molecular flexibility index (Phi) is 9.49. The van der Waals surface area contributed by atoms with Crippen LogP contribution >= 0.6 is 11.6 Å². The van der Waals surface area contributed by atoms with Gasteiger partial charge in [-0.1, -0.05) is 6.08 Å². The maximum atomic E-state index is 5.07. The van der Waals surface area contributed by atoms with Crippen molar-refractivity contribution >= 4 is 11.6 Å². The Balaban J connectivity index is 0.000000261. The number of halogens is 1. The van der Waals surface area contributed by atoms with Crippen molar-refractivity contribution in [1.82, 2.24) is 0 Å². The second-order valence-electron chi connectivity index (χ2n) is 2.30. The molecular weight excluding hydrogens is 203 g/mol. The molecule has 1 rings (SSSR count). The van der Waals surface area contributed by atoms with E-state index in [1.54, 1.807) is 9.95 Å².